The Balaban J connectivity index is 2.94. The molecule has 0 aliphatic carbocycles. The Morgan fingerprint density at radius 1 is 1.59 bits per heavy atom. The smallest absolute Gasteiger partial charge is 0.161 e. The molecule has 17 heavy (non-hydrogen) atoms. The second-order valence-electron chi connectivity index (χ2n) is 3.65. The molecule has 0 spiro atoms. The number of nitrogens with one attached hydrogen (secondary N) is 1. The molecular weight excluding hydrogens is 220 g/mol. The van der Waals surface area contributed by atoms with Gasteiger partial charge >= 0.3 is 0 Å². The third kappa shape index (κ3) is 3.55. The Bertz CT molecular complexity index is 452. The van der Waals surface area contributed by atoms with E-state index in [1.807, 2.05) is 6.07 Å². The molecule has 0 saturated carbocycles. The molecule has 1 rings (SSSR count). The molecule has 0 saturated heterocycles. The summed E-state index contributed by atoms with van der Waals surface area (Å²) < 4.78 is 0. The molecule has 0 heterocycles. The summed E-state index contributed by atoms with van der Waals surface area (Å²) in [6, 6.07) is 6.64. The molecule has 0 aliphatic rings. The summed E-state index contributed by atoms with van der Waals surface area (Å²) in [6.07, 6.45) is -0.902. The standard InChI is InChI=1S/C12H14N2O3/c1-8(16)11-3-2-9(5-13)4-12(11)14-6-10(17)7-15/h2-4,10,14-15,17H,6-7H2,1H3/t10-/m0/s1. The quantitative estimate of drug-likeness (QED) is 0.646. The van der Waals surface area contributed by atoms with Crippen LogP contribution in [-0.4, -0.2) is 35.3 Å². The molecule has 5 nitrogen and oxygen atoms in total. The molecule has 90 valence electrons. The fourth-order valence-electron chi connectivity index (χ4n) is 1.36. The van der Waals surface area contributed by atoms with Crippen LogP contribution in [0.1, 0.15) is 22.8 Å². The predicted octanol–water partition coefficient (Wildman–Crippen LogP) is 0.526. The first-order chi connectivity index (χ1) is 8.08. The molecule has 0 aliphatic heterocycles. The molecule has 0 bridgehead atoms. The second kappa shape index (κ2) is 5.99. The average molecular weight is 234 g/mol. The molecule has 0 unspecified atom stereocenters. The third-order valence-electron chi connectivity index (χ3n) is 2.27. The largest absolute Gasteiger partial charge is 0.394 e. The van der Waals surface area contributed by atoms with Crippen molar-refractivity contribution in [3.8, 4) is 6.07 Å². The number of carbonyl (C=O) groups is 1. The predicted molar refractivity (Wildman–Crippen MR) is 62.7 cm³/mol. The molecule has 0 fully saturated rings. The van der Waals surface area contributed by atoms with Gasteiger partial charge in [-0.05, 0) is 25.1 Å². The lowest BCUT2D eigenvalue weighted by atomic mass is 10.1. The minimum Gasteiger partial charge on any atom is -0.394 e. The summed E-state index contributed by atoms with van der Waals surface area (Å²) in [5, 5.41) is 29.5. The minimum absolute atomic E-state index is 0.117. The van der Waals surface area contributed by atoms with E-state index in [4.69, 9.17) is 10.4 Å². The van der Waals surface area contributed by atoms with Gasteiger partial charge in [0.25, 0.3) is 0 Å². The van der Waals surface area contributed by atoms with Crippen LogP contribution < -0.4 is 5.32 Å². The number of carbonyl (C=O) groups excluding carboxylic acids is 1. The van der Waals surface area contributed by atoms with Crippen molar-refractivity contribution in [2.24, 2.45) is 0 Å². The number of ketones is 1. The van der Waals surface area contributed by atoms with Gasteiger partial charge in [0, 0.05) is 17.8 Å². The van der Waals surface area contributed by atoms with Gasteiger partial charge in [0.1, 0.15) is 0 Å². The molecule has 0 radical (unpaired) electrons. The van der Waals surface area contributed by atoms with E-state index in [-0.39, 0.29) is 18.9 Å². The van der Waals surface area contributed by atoms with E-state index in [1.165, 1.54) is 6.92 Å². The van der Waals surface area contributed by atoms with Gasteiger partial charge in [0.2, 0.25) is 0 Å². The Morgan fingerprint density at radius 3 is 2.82 bits per heavy atom. The number of benzene rings is 1. The normalized spacial score (nSPS) is 11.6. The Hall–Kier alpha value is -1.90. The first-order valence-corrected chi connectivity index (χ1v) is 5.16. The van der Waals surface area contributed by atoms with Crippen LogP contribution in [0.4, 0.5) is 5.69 Å². The number of aliphatic hydroxyl groups is 2. The maximum Gasteiger partial charge on any atom is 0.161 e. The number of hydrogen-bond acceptors (Lipinski definition) is 5. The molecule has 5 heteroatoms. The highest BCUT2D eigenvalue weighted by atomic mass is 16.3. The molecule has 0 amide bonds. The van der Waals surface area contributed by atoms with Crippen molar-refractivity contribution in [2.45, 2.75) is 13.0 Å². The number of Topliss-reactive ketones (excluding diaryl/α,β-unsaturated/α-hetero) is 1. The van der Waals surface area contributed by atoms with Crippen LogP contribution in [0.5, 0.6) is 0 Å². The average Bonchev–Trinajstić information content (AvgIpc) is 2.35. The van der Waals surface area contributed by atoms with Crippen molar-refractivity contribution in [1.82, 2.24) is 0 Å². The third-order valence-corrected chi connectivity index (χ3v) is 2.27. The van der Waals surface area contributed by atoms with Crippen molar-refractivity contribution in [1.29, 1.82) is 5.26 Å². The van der Waals surface area contributed by atoms with Gasteiger partial charge in [-0.15, -0.1) is 0 Å². The lowest BCUT2D eigenvalue weighted by Crippen LogP contribution is -2.23. The highest BCUT2D eigenvalue weighted by molar-refractivity contribution is 5.99. The van der Waals surface area contributed by atoms with Crippen LogP contribution >= 0.6 is 0 Å². The van der Waals surface area contributed by atoms with Crippen molar-refractivity contribution in [3.63, 3.8) is 0 Å². The zero-order chi connectivity index (χ0) is 12.8. The van der Waals surface area contributed by atoms with E-state index in [0.29, 0.717) is 16.8 Å². The molecular formula is C12H14N2O3. The van der Waals surface area contributed by atoms with E-state index >= 15 is 0 Å². The summed E-state index contributed by atoms with van der Waals surface area (Å²) in [7, 11) is 0. The topological polar surface area (TPSA) is 93.4 Å². The van der Waals surface area contributed by atoms with Gasteiger partial charge in [0.05, 0.1) is 24.3 Å². The van der Waals surface area contributed by atoms with Gasteiger partial charge < -0.3 is 15.5 Å². The fourth-order valence-corrected chi connectivity index (χ4v) is 1.36. The molecule has 3 N–H and O–H groups in total. The summed E-state index contributed by atoms with van der Waals surface area (Å²) in [4.78, 5) is 11.3. The number of nitrogens with zero attached hydrogens (tertiary/aromatic N) is 1. The Labute approximate surface area is 99.3 Å². The van der Waals surface area contributed by atoms with E-state index in [0.717, 1.165) is 0 Å². The monoisotopic (exact) mass is 234 g/mol. The molecule has 1 aromatic rings. The van der Waals surface area contributed by atoms with Crippen LogP contribution in [0.25, 0.3) is 0 Å². The minimum atomic E-state index is -0.902. The lowest BCUT2D eigenvalue weighted by molar-refractivity contribution is 0.101. The fraction of sp³-hybridized carbons (Fsp3) is 0.333. The second-order valence-corrected chi connectivity index (χ2v) is 3.65. The van der Waals surface area contributed by atoms with E-state index in [1.54, 1.807) is 18.2 Å². The van der Waals surface area contributed by atoms with E-state index < -0.39 is 6.10 Å². The number of anilines is 1. The summed E-state index contributed by atoms with van der Waals surface area (Å²) in [5.41, 5.74) is 1.37. The highest BCUT2D eigenvalue weighted by Crippen LogP contribution is 2.18. The van der Waals surface area contributed by atoms with Crippen molar-refractivity contribution >= 4 is 11.5 Å². The summed E-state index contributed by atoms with van der Waals surface area (Å²) in [6.45, 7) is 1.18. The maximum absolute atomic E-state index is 11.3. The van der Waals surface area contributed by atoms with E-state index in [9.17, 15) is 9.90 Å². The first-order valence-electron chi connectivity index (χ1n) is 5.16. The van der Waals surface area contributed by atoms with Gasteiger partial charge in [0.15, 0.2) is 5.78 Å². The Kier molecular flexibility index (Phi) is 4.64. The molecule has 0 aromatic heterocycles. The SMILES string of the molecule is CC(=O)c1ccc(C#N)cc1NC[C@H](O)CO. The van der Waals surface area contributed by atoms with Crippen molar-refractivity contribution < 1.29 is 15.0 Å². The van der Waals surface area contributed by atoms with Gasteiger partial charge in [-0.2, -0.15) is 5.26 Å². The zero-order valence-corrected chi connectivity index (χ0v) is 9.47. The van der Waals surface area contributed by atoms with Gasteiger partial charge in [-0.25, -0.2) is 0 Å². The van der Waals surface area contributed by atoms with Crippen LogP contribution in [0.3, 0.4) is 0 Å². The van der Waals surface area contributed by atoms with Gasteiger partial charge in [-0.1, -0.05) is 0 Å². The maximum atomic E-state index is 11.3. The zero-order valence-electron chi connectivity index (χ0n) is 9.47. The summed E-state index contributed by atoms with van der Waals surface area (Å²) >= 11 is 0. The number of hydrogen-bond donors (Lipinski definition) is 3. The number of nitriles is 1. The lowest BCUT2D eigenvalue weighted by Gasteiger charge is -2.13. The van der Waals surface area contributed by atoms with E-state index in [2.05, 4.69) is 5.32 Å². The van der Waals surface area contributed by atoms with Crippen LogP contribution in [-0.2, 0) is 0 Å². The van der Waals surface area contributed by atoms with Crippen LogP contribution in [0.2, 0.25) is 0 Å². The van der Waals surface area contributed by atoms with Crippen LogP contribution in [0.15, 0.2) is 18.2 Å². The van der Waals surface area contributed by atoms with Gasteiger partial charge in [-0.3, -0.25) is 4.79 Å². The number of rotatable bonds is 5. The highest BCUT2D eigenvalue weighted by Gasteiger charge is 2.09. The molecule has 1 aromatic carbocycles. The Morgan fingerprint density at radius 2 is 2.29 bits per heavy atom. The summed E-state index contributed by atoms with van der Waals surface area (Å²) in [5.74, 6) is -0.129. The first kappa shape index (κ1) is 13.2. The van der Waals surface area contributed by atoms with Crippen LogP contribution in [0, 0.1) is 11.3 Å². The number of aliphatic hydroxyl groups excluding tert-OH is 2. The van der Waals surface area contributed by atoms with Crippen molar-refractivity contribution in [3.05, 3.63) is 29.3 Å². The molecule has 1 atom stereocenters. The van der Waals surface area contributed by atoms with Crippen molar-refractivity contribution in [2.75, 3.05) is 18.5 Å².